The number of aromatic nitrogens is 1. The molecule has 0 amide bonds. The third kappa shape index (κ3) is 3.77. The van der Waals surface area contributed by atoms with Gasteiger partial charge in [-0.25, -0.2) is 0 Å². The van der Waals surface area contributed by atoms with Gasteiger partial charge in [-0.05, 0) is 0 Å². The maximum atomic E-state index is 5.05. The molecule has 1 N–H and O–H groups in total. The summed E-state index contributed by atoms with van der Waals surface area (Å²) >= 11 is 1.60. The highest BCUT2D eigenvalue weighted by Gasteiger charge is 1.92. The van der Waals surface area contributed by atoms with E-state index in [1.165, 1.54) is 0 Å². The molecule has 4 nitrogen and oxygen atoms in total. The Bertz CT molecular complexity index is 191. The van der Waals surface area contributed by atoms with Crippen LogP contribution in [0.4, 0.5) is 0 Å². The maximum absolute atomic E-state index is 5.05. The third-order valence-corrected chi connectivity index (χ3v) is 2.00. The summed E-state index contributed by atoms with van der Waals surface area (Å²) in [6.45, 7) is 1.87. The molecule has 0 aliphatic carbocycles. The Morgan fingerprint density at radius 3 is 3.17 bits per heavy atom. The minimum Gasteiger partial charge on any atom is -0.382 e. The van der Waals surface area contributed by atoms with E-state index in [0.29, 0.717) is 19.8 Å². The molecule has 0 spiro atoms. The maximum Gasteiger partial charge on any atom is 0.0916 e. The Morgan fingerprint density at radius 1 is 1.58 bits per heavy atom. The lowest BCUT2D eigenvalue weighted by Crippen LogP contribution is -2.16. The van der Waals surface area contributed by atoms with E-state index in [9.17, 15) is 0 Å². The predicted octanol–water partition coefficient (Wildman–Crippen LogP) is 0.811. The van der Waals surface area contributed by atoms with Gasteiger partial charge in [-0.1, -0.05) is 0 Å². The van der Waals surface area contributed by atoms with Crippen molar-refractivity contribution in [1.29, 1.82) is 0 Å². The van der Waals surface area contributed by atoms with Crippen LogP contribution >= 0.6 is 11.3 Å². The Balaban J connectivity index is 1.96. The summed E-state index contributed by atoms with van der Waals surface area (Å²) in [6.07, 6.45) is 1.82. The lowest BCUT2D eigenvalue weighted by atomic mass is 10.6. The number of methoxy groups -OCH3 is 1. The molecule has 0 atom stereocenters. The molecule has 0 saturated heterocycles. The zero-order chi connectivity index (χ0) is 8.65. The molecule has 1 aromatic rings. The zero-order valence-electron chi connectivity index (χ0n) is 6.95. The van der Waals surface area contributed by atoms with Crippen molar-refractivity contribution in [2.45, 2.75) is 6.54 Å². The first-order valence-electron chi connectivity index (χ1n) is 3.64. The Kier molecular flexibility index (Phi) is 4.86. The Morgan fingerprint density at radius 2 is 2.50 bits per heavy atom. The number of hydrogen-bond acceptors (Lipinski definition) is 5. The van der Waals surface area contributed by atoms with Crippen LogP contribution in [0.25, 0.3) is 0 Å². The quantitative estimate of drug-likeness (QED) is 0.530. The minimum absolute atomic E-state index is 0.565. The monoisotopic (exact) mass is 188 g/mol. The van der Waals surface area contributed by atoms with Crippen molar-refractivity contribution in [2.24, 2.45) is 0 Å². The normalized spacial score (nSPS) is 10.4. The molecule has 0 bridgehead atoms. The standard InChI is InChI=1S/C7H12N2O2S/c1-10-2-3-11-9-5-7-4-8-6-12-7/h4,6,9H,2-3,5H2,1H3. The fourth-order valence-corrected chi connectivity index (χ4v) is 1.17. The highest BCUT2D eigenvalue weighted by molar-refractivity contribution is 7.09. The number of hydroxylamine groups is 1. The van der Waals surface area contributed by atoms with Crippen LogP contribution in [0.3, 0.4) is 0 Å². The van der Waals surface area contributed by atoms with E-state index < -0.39 is 0 Å². The summed E-state index contributed by atoms with van der Waals surface area (Å²) in [4.78, 5) is 10.1. The van der Waals surface area contributed by atoms with Crippen LogP contribution in [0, 0.1) is 0 Å². The average Bonchev–Trinajstić information content (AvgIpc) is 2.57. The molecule has 5 heteroatoms. The van der Waals surface area contributed by atoms with Gasteiger partial charge < -0.3 is 4.74 Å². The molecule has 0 fully saturated rings. The second-order valence-electron chi connectivity index (χ2n) is 2.13. The van der Waals surface area contributed by atoms with Crippen LogP contribution in [0.1, 0.15) is 4.88 Å². The van der Waals surface area contributed by atoms with Crippen molar-refractivity contribution >= 4 is 11.3 Å². The van der Waals surface area contributed by atoms with Gasteiger partial charge in [0.1, 0.15) is 0 Å². The van der Waals surface area contributed by atoms with Crippen molar-refractivity contribution in [3.8, 4) is 0 Å². The molecule has 0 aromatic carbocycles. The lowest BCUT2D eigenvalue weighted by Gasteiger charge is -2.02. The molecule has 68 valence electrons. The number of nitrogens with zero attached hydrogens (tertiary/aromatic N) is 1. The third-order valence-electron chi connectivity index (χ3n) is 1.22. The Hall–Kier alpha value is -0.490. The molecule has 1 heterocycles. The molecule has 1 aromatic heterocycles. The van der Waals surface area contributed by atoms with Gasteiger partial charge in [0.2, 0.25) is 0 Å². The van der Waals surface area contributed by atoms with E-state index in [1.54, 1.807) is 24.0 Å². The molecule has 0 aliphatic heterocycles. The van der Waals surface area contributed by atoms with E-state index >= 15 is 0 Å². The first-order chi connectivity index (χ1) is 5.93. The lowest BCUT2D eigenvalue weighted by molar-refractivity contribution is 0.00385. The first kappa shape index (κ1) is 9.60. The molecular weight excluding hydrogens is 176 g/mol. The van der Waals surface area contributed by atoms with Gasteiger partial charge in [0.05, 0.1) is 25.3 Å². The molecule has 0 unspecified atom stereocenters. The highest BCUT2D eigenvalue weighted by Crippen LogP contribution is 2.03. The second-order valence-corrected chi connectivity index (χ2v) is 3.10. The van der Waals surface area contributed by atoms with E-state index in [1.807, 2.05) is 6.20 Å². The van der Waals surface area contributed by atoms with Crippen molar-refractivity contribution in [1.82, 2.24) is 10.5 Å². The van der Waals surface area contributed by atoms with Gasteiger partial charge in [0.15, 0.2) is 0 Å². The van der Waals surface area contributed by atoms with Crippen LogP contribution in [0.15, 0.2) is 11.7 Å². The topological polar surface area (TPSA) is 43.4 Å². The van der Waals surface area contributed by atoms with Crippen molar-refractivity contribution in [3.05, 3.63) is 16.6 Å². The number of rotatable bonds is 6. The molecular formula is C7H12N2O2S. The SMILES string of the molecule is COCCONCc1cncs1. The summed E-state index contributed by atoms with van der Waals surface area (Å²) < 4.78 is 4.80. The summed E-state index contributed by atoms with van der Waals surface area (Å²) in [5.41, 5.74) is 4.61. The Labute approximate surface area is 75.5 Å². The summed E-state index contributed by atoms with van der Waals surface area (Å²) in [5.74, 6) is 0. The largest absolute Gasteiger partial charge is 0.382 e. The fourth-order valence-electron chi connectivity index (χ4n) is 0.649. The van der Waals surface area contributed by atoms with Gasteiger partial charge in [0.25, 0.3) is 0 Å². The molecule has 12 heavy (non-hydrogen) atoms. The molecule has 0 aliphatic rings. The molecule has 1 rings (SSSR count). The summed E-state index contributed by atoms with van der Waals surface area (Å²) in [5, 5.41) is 0. The predicted molar refractivity (Wildman–Crippen MR) is 46.8 cm³/mol. The van der Waals surface area contributed by atoms with Crippen molar-refractivity contribution < 1.29 is 9.57 Å². The average molecular weight is 188 g/mol. The van der Waals surface area contributed by atoms with E-state index in [2.05, 4.69) is 10.5 Å². The van der Waals surface area contributed by atoms with E-state index in [0.717, 1.165) is 4.88 Å². The number of nitrogens with one attached hydrogen (secondary N) is 1. The number of thiazole rings is 1. The first-order valence-corrected chi connectivity index (χ1v) is 4.52. The highest BCUT2D eigenvalue weighted by atomic mass is 32.1. The fraction of sp³-hybridized carbons (Fsp3) is 0.571. The van der Waals surface area contributed by atoms with Crippen LogP contribution in [-0.4, -0.2) is 25.3 Å². The minimum atomic E-state index is 0.565. The zero-order valence-corrected chi connectivity index (χ0v) is 7.76. The van der Waals surface area contributed by atoms with Gasteiger partial charge >= 0.3 is 0 Å². The van der Waals surface area contributed by atoms with Crippen LogP contribution < -0.4 is 5.48 Å². The number of hydrogen-bond donors (Lipinski definition) is 1. The van der Waals surface area contributed by atoms with E-state index in [4.69, 9.17) is 9.57 Å². The van der Waals surface area contributed by atoms with Gasteiger partial charge in [-0.3, -0.25) is 9.82 Å². The van der Waals surface area contributed by atoms with Gasteiger partial charge in [-0.2, -0.15) is 5.48 Å². The molecule has 0 saturated carbocycles. The second kappa shape index (κ2) is 6.07. The van der Waals surface area contributed by atoms with E-state index in [-0.39, 0.29) is 0 Å². The summed E-state index contributed by atoms with van der Waals surface area (Å²) in [6, 6.07) is 0. The van der Waals surface area contributed by atoms with Gasteiger partial charge in [0, 0.05) is 18.2 Å². The number of ether oxygens (including phenoxy) is 1. The van der Waals surface area contributed by atoms with Crippen LogP contribution in [-0.2, 0) is 16.1 Å². The smallest absolute Gasteiger partial charge is 0.0916 e. The van der Waals surface area contributed by atoms with Crippen LogP contribution in [0.2, 0.25) is 0 Å². The van der Waals surface area contributed by atoms with Crippen molar-refractivity contribution in [3.63, 3.8) is 0 Å². The molecule has 0 radical (unpaired) electrons. The van der Waals surface area contributed by atoms with Crippen molar-refractivity contribution in [2.75, 3.05) is 20.3 Å². The van der Waals surface area contributed by atoms with Crippen LogP contribution in [0.5, 0.6) is 0 Å². The summed E-state index contributed by atoms with van der Waals surface area (Å²) in [7, 11) is 1.65. The van der Waals surface area contributed by atoms with Gasteiger partial charge in [-0.15, -0.1) is 11.3 Å².